The van der Waals surface area contributed by atoms with Crippen LogP contribution in [0.15, 0.2) is 11.4 Å². The lowest BCUT2D eigenvalue weighted by Crippen LogP contribution is -2.26. The van der Waals surface area contributed by atoms with Crippen molar-refractivity contribution in [2.45, 2.75) is 26.3 Å². The van der Waals surface area contributed by atoms with Crippen LogP contribution < -0.4 is 10.6 Å². The van der Waals surface area contributed by atoms with Crippen molar-refractivity contribution in [1.29, 1.82) is 0 Å². The Morgan fingerprint density at radius 2 is 2.33 bits per heavy atom. The van der Waals surface area contributed by atoms with Crippen molar-refractivity contribution < 1.29 is 4.79 Å². The van der Waals surface area contributed by atoms with Crippen molar-refractivity contribution in [1.82, 2.24) is 10.6 Å². The van der Waals surface area contributed by atoms with Gasteiger partial charge in [0.05, 0.1) is 6.54 Å². The second kappa shape index (κ2) is 6.58. The Morgan fingerprint density at radius 3 is 3.00 bits per heavy atom. The highest BCUT2D eigenvalue weighted by molar-refractivity contribution is 7.10. The lowest BCUT2D eigenvalue weighted by atomic mass is 10.2. The summed E-state index contributed by atoms with van der Waals surface area (Å²) >= 11 is 1.71. The Kier molecular flexibility index (Phi) is 5.36. The normalized spacial score (nSPS) is 10.3. The summed E-state index contributed by atoms with van der Waals surface area (Å²) in [5, 5.41) is 7.96. The molecule has 2 N–H and O–H groups in total. The fraction of sp³-hybridized carbons (Fsp3) is 0.545. The van der Waals surface area contributed by atoms with Gasteiger partial charge in [0, 0.05) is 17.8 Å². The van der Waals surface area contributed by atoms with Crippen LogP contribution in [0.25, 0.3) is 0 Å². The van der Waals surface area contributed by atoms with E-state index in [1.54, 1.807) is 11.3 Å². The molecule has 4 heteroatoms. The first-order valence-corrected chi connectivity index (χ1v) is 6.12. The van der Waals surface area contributed by atoms with Gasteiger partial charge in [0.2, 0.25) is 5.91 Å². The highest BCUT2D eigenvalue weighted by Crippen LogP contribution is 2.16. The van der Waals surface area contributed by atoms with E-state index >= 15 is 0 Å². The van der Waals surface area contributed by atoms with Crippen molar-refractivity contribution in [2.24, 2.45) is 0 Å². The van der Waals surface area contributed by atoms with E-state index in [4.69, 9.17) is 0 Å². The molecule has 1 heterocycles. The van der Waals surface area contributed by atoms with Crippen LogP contribution >= 0.6 is 11.3 Å². The van der Waals surface area contributed by atoms with Crippen LogP contribution in [-0.4, -0.2) is 19.5 Å². The predicted molar refractivity (Wildman–Crippen MR) is 64.1 cm³/mol. The Hall–Kier alpha value is -0.870. The van der Waals surface area contributed by atoms with Gasteiger partial charge >= 0.3 is 0 Å². The van der Waals surface area contributed by atoms with Gasteiger partial charge < -0.3 is 10.6 Å². The molecular formula is C11H18N2OS. The van der Waals surface area contributed by atoms with E-state index < -0.39 is 0 Å². The van der Waals surface area contributed by atoms with Crippen LogP contribution in [-0.2, 0) is 17.8 Å². The molecule has 0 saturated carbocycles. The average molecular weight is 226 g/mol. The molecule has 0 aliphatic rings. The Labute approximate surface area is 94.9 Å². The molecule has 0 radical (unpaired) electrons. The molecule has 1 amide bonds. The average Bonchev–Trinajstić information content (AvgIpc) is 2.70. The van der Waals surface area contributed by atoms with E-state index in [0.29, 0.717) is 13.0 Å². The topological polar surface area (TPSA) is 41.1 Å². The monoisotopic (exact) mass is 226 g/mol. The number of aryl methyl sites for hydroxylation is 1. The molecule has 1 aromatic rings. The van der Waals surface area contributed by atoms with Crippen molar-refractivity contribution >= 4 is 17.2 Å². The minimum Gasteiger partial charge on any atom is -0.351 e. The van der Waals surface area contributed by atoms with E-state index in [1.165, 1.54) is 10.4 Å². The number of nitrogens with one attached hydrogen (secondary N) is 2. The first kappa shape index (κ1) is 12.2. The standard InChI is InChI=1S/C11H18N2OS/c1-3-9-5-7-15-10(9)8-13-11(14)4-6-12-2/h5,7,12H,3-4,6,8H2,1-2H3,(H,13,14). The van der Waals surface area contributed by atoms with Gasteiger partial charge in [-0.15, -0.1) is 11.3 Å². The molecule has 0 aliphatic heterocycles. The van der Waals surface area contributed by atoms with E-state index in [1.807, 2.05) is 7.05 Å². The molecular weight excluding hydrogens is 208 g/mol. The zero-order chi connectivity index (χ0) is 11.1. The molecule has 0 atom stereocenters. The summed E-state index contributed by atoms with van der Waals surface area (Å²) in [4.78, 5) is 12.6. The number of hydrogen-bond acceptors (Lipinski definition) is 3. The Balaban J connectivity index is 2.33. The number of amides is 1. The van der Waals surface area contributed by atoms with Crippen LogP contribution in [0.3, 0.4) is 0 Å². The summed E-state index contributed by atoms with van der Waals surface area (Å²) < 4.78 is 0. The van der Waals surface area contributed by atoms with Gasteiger partial charge in [-0.25, -0.2) is 0 Å². The summed E-state index contributed by atoms with van der Waals surface area (Å²) in [6, 6.07) is 2.12. The van der Waals surface area contributed by atoms with Crippen molar-refractivity contribution in [3.63, 3.8) is 0 Å². The maximum absolute atomic E-state index is 11.4. The Morgan fingerprint density at radius 1 is 1.53 bits per heavy atom. The third-order valence-electron chi connectivity index (χ3n) is 2.27. The quantitative estimate of drug-likeness (QED) is 0.772. The minimum atomic E-state index is 0.111. The lowest BCUT2D eigenvalue weighted by molar-refractivity contribution is -0.121. The van der Waals surface area contributed by atoms with Crippen molar-refractivity contribution in [3.8, 4) is 0 Å². The summed E-state index contributed by atoms with van der Waals surface area (Å²) in [5.74, 6) is 0.111. The molecule has 0 spiro atoms. The number of carbonyl (C=O) groups excluding carboxylic acids is 1. The maximum atomic E-state index is 11.4. The van der Waals surface area contributed by atoms with Gasteiger partial charge in [-0.05, 0) is 30.5 Å². The van der Waals surface area contributed by atoms with Crippen molar-refractivity contribution in [3.05, 3.63) is 21.9 Å². The molecule has 84 valence electrons. The zero-order valence-electron chi connectivity index (χ0n) is 9.30. The second-order valence-electron chi connectivity index (χ2n) is 3.35. The fourth-order valence-corrected chi connectivity index (χ4v) is 2.26. The third kappa shape index (κ3) is 4.01. The first-order valence-electron chi connectivity index (χ1n) is 5.24. The minimum absolute atomic E-state index is 0.111. The predicted octanol–water partition coefficient (Wildman–Crippen LogP) is 1.54. The molecule has 1 rings (SSSR count). The highest BCUT2D eigenvalue weighted by atomic mass is 32.1. The van der Waals surface area contributed by atoms with Gasteiger partial charge in [-0.2, -0.15) is 0 Å². The van der Waals surface area contributed by atoms with Crippen LogP contribution in [0.1, 0.15) is 23.8 Å². The largest absolute Gasteiger partial charge is 0.351 e. The van der Waals surface area contributed by atoms with Gasteiger partial charge in [0.15, 0.2) is 0 Å². The maximum Gasteiger partial charge on any atom is 0.221 e. The van der Waals surface area contributed by atoms with Gasteiger partial charge in [0.1, 0.15) is 0 Å². The van der Waals surface area contributed by atoms with Crippen molar-refractivity contribution in [2.75, 3.05) is 13.6 Å². The SMILES string of the molecule is CCc1ccsc1CNC(=O)CCNC. The van der Waals surface area contributed by atoms with Gasteiger partial charge in [0.25, 0.3) is 0 Å². The fourth-order valence-electron chi connectivity index (χ4n) is 1.34. The molecule has 3 nitrogen and oxygen atoms in total. The lowest BCUT2D eigenvalue weighted by Gasteiger charge is -2.05. The smallest absolute Gasteiger partial charge is 0.221 e. The van der Waals surface area contributed by atoms with E-state index in [-0.39, 0.29) is 5.91 Å². The summed E-state index contributed by atoms with van der Waals surface area (Å²) in [7, 11) is 1.85. The molecule has 0 saturated heterocycles. The van der Waals surface area contributed by atoms with Crippen LogP contribution in [0.4, 0.5) is 0 Å². The zero-order valence-corrected chi connectivity index (χ0v) is 10.1. The highest BCUT2D eigenvalue weighted by Gasteiger charge is 2.04. The van der Waals surface area contributed by atoms with E-state index in [2.05, 4.69) is 29.0 Å². The summed E-state index contributed by atoms with van der Waals surface area (Å²) in [5.41, 5.74) is 1.34. The van der Waals surface area contributed by atoms with Gasteiger partial charge in [-0.1, -0.05) is 6.92 Å². The number of carbonyl (C=O) groups is 1. The molecule has 15 heavy (non-hydrogen) atoms. The summed E-state index contributed by atoms with van der Waals surface area (Å²) in [6.45, 7) is 3.54. The van der Waals surface area contributed by atoms with E-state index in [9.17, 15) is 4.79 Å². The first-order chi connectivity index (χ1) is 7.27. The van der Waals surface area contributed by atoms with Gasteiger partial charge in [-0.3, -0.25) is 4.79 Å². The second-order valence-corrected chi connectivity index (χ2v) is 4.35. The molecule has 0 bridgehead atoms. The number of rotatable bonds is 6. The van der Waals surface area contributed by atoms with Crippen LogP contribution in [0, 0.1) is 0 Å². The number of hydrogen-bond donors (Lipinski definition) is 2. The van der Waals surface area contributed by atoms with Crippen LogP contribution in [0.5, 0.6) is 0 Å². The Bertz CT molecular complexity index is 309. The molecule has 0 unspecified atom stereocenters. The molecule has 1 aromatic heterocycles. The van der Waals surface area contributed by atoms with Crippen LogP contribution in [0.2, 0.25) is 0 Å². The summed E-state index contributed by atoms with van der Waals surface area (Å²) in [6.07, 6.45) is 1.58. The molecule has 0 aromatic carbocycles. The van der Waals surface area contributed by atoms with E-state index in [0.717, 1.165) is 13.0 Å². The molecule has 0 aliphatic carbocycles. The number of thiophene rings is 1. The third-order valence-corrected chi connectivity index (χ3v) is 3.23. The molecule has 0 fully saturated rings.